The standard InChI is InChI=1S/C16H23N3O2/c1-13-3-5-14(6-4-13)16-15(11-17-18-16)12-19(7-9-20)8-10-21-2/h3-6,11,20H,7-10,12H2,1-2H3,(H,17,18). The molecule has 21 heavy (non-hydrogen) atoms. The molecule has 0 atom stereocenters. The Hall–Kier alpha value is -1.69. The van der Waals surface area contributed by atoms with E-state index >= 15 is 0 Å². The van der Waals surface area contributed by atoms with E-state index in [2.05, 4.69) is 46.3 Å². The van der Waals surface area contributed by atoms with Gasteiger partial charge in [0.2, 0.25) is 0 Å². The maximum atomic E-state index is 9.18. The van der Waals surface area contributed by atoms with Gasteiger partial charge in [-0.3, -0.25) is 10.00 Å². The summed E-state index contributed by atoms with van der Waals surface area (Å²) >= 11 is 0. The molecule has 0 aliphatic rings. The average Bonchev–Trinajstić information content (AvgIpc) is 2.94. The first-order valence-corrected chi connectivity index (χ1v) is 7.16. The number of aromatic amines is 1. The van der Waals surface area contributed by atoms with E-state index in [1.807, 2.05) is 6.20 Å². The molecule has 0 unspecified atom stereocenters. The Bertz CT molecular complexity index is 537. The molecule has 0 saturated heterocycles. The van der Waals surface area contributed by atoms with Crippen molar-refractivity contribution in [1.82, 2.24) is 15.1 Å². The lowest BCUT2D eigenvalue weighted by molar-refractivity contribution is 0.127. The van der Waals surface area contributed by atoms with Crippen LogP contribution in [0.1, 0.15) is 11.1 Å². The van der Waals surface area contributed by atoms with Gasteiger partial charge >= 0.3 is 0 Å². The van der Waals surface area contributed by atoms with Crippen molar-refractivity contribution in [1.29, 1.82) is 0 Å². The molecule has 0 bridgehead atoms. The van der Waals surface area contributed by atoms with Crippen LogP contribution >= 0.6 is 0 Å². The van der Waals surface area contributed by atoms with Crippen LogP contribution in [0.25, 0.3) is 11.3 Å². The fourth-order valence-electron chi connectivity index (χ4n) is 2.27. The topological polar surface area (TPSA) is 61.4 Å². The highest BCUT2D eigenvalue weighted by atomic mass is 16.5. The zero-order chi connectivity index (χ0) is 15.1. The summed E-state index contributed by atoms with van der Waals surface area (Å²) in [6.07, 6.45) is 1.85. The highest BCUT2D eigenvalue weighted by molar-refractivity contribution is 5.62. The number of aliphatic hydroxyl groups excluding tert-OH is 1. The van der Waals surface area contributed by atoms with Crippen molar-refractivity contribution in [2.75, 3.05) is 33.4 Å². The lowest BCUT2D eigenvalue weighted by atomic mass is 10.1. The first-order valence-electron chi connectivity index (χ1n) is 7.16. The zero-order valence-corrected chi connectivity index (χ0v) is 12.7. The van der Waals surface area contributed by atoms with E-state index < -0.39 is 0 Å². The fourth-order valence-corrected chi connectivity index (χ4v) is 2.27. The number of hydrogen-bond donors (Lipinski definition) is 2. The third-order valence-electron chi connectivity index (χ3n) is 3.48. The molecule has 0 saturated carbocycles. The van der Waals surface area contributed by atoms with Crippen molar-refractivity contribution in [3.05, 3.63) is 41.6 Å². The van der Waals surface area contributed by atoms with Gasteiger partial charge in [0.25, 0.3) is 0 Å². The number of ether oxygens (including phenoxy) is 1. The first kappa shape index (κ1) is 15.7. The van der Waals surface area contributed by atoms with Crippen LogP contribution in [0.4, 0.5) is 0 Å². The molecule has 5 heteroatoms. The summed E-state index contributed by atoms with van der Waals surface area (Å²) in [6.45, 7) is 5.02. The average molecular weight is 289 g/mol. The Balaban J connectivity index is 2.13. The maximum absolute atomic E-state index is 9.18. The number of methoxy groups -OCH3 is 1. The minimum Gasteiger partial charge on any atom is -0.395 e. The number of nitrogens with one attached hydrogen (secondary N) is 1. The minimum atomic E-state index is 0.140. The lowest BCUT2D eigenvalue weighted by Crippen LogP contribution is -2.29. The highest BCUT2D eigenvalue weighted by Gasteiger charge is 2.12. The second-order valence-electron chi connectivity index (χ2n) is 5.13. The van der Waals surface area contributed by atoms with Gasteiger partial charge < -0.3 is 9.84 Å². The van der Waals surface area contributed by atoms with E-state index in [-0.39, 0.29) is 6.61 Å². The van der Waals surface area contributed by atoms with Crippen molar-refractivity contribution in [2.24, 2.45) is 0 Å². The van der Waals surface area contributed by atoms with Crippen LogP contribution < -0.4 is 0 Å². The van der Waals surface area contributed by atoms with Gasteiger partial charge in [-0.15, -0.1) is 0 Å². The van der Waals surface area contributed by atoms with Crippen LogP contribution in [0.5, 0.6) is 0 Å². The lowest BCUT2D eigenvalue weighted by Gasteiger charge is -2.20. The van der Waals surface area contributed by atoms with Crippen molar-refractivity contribution in [3.63, 3.8) is 0 Å². The molecule has 1 aromatic carbocycles. The monoisotopic (exact) mass is 289 g/mol. The van der Waals surface area contributed by atoms with Gasteiger partial charge in [0.05, 0.1) is 25.1 Å². The molecular weight excluding hydrogens is 266 g/mol. The molecule has 0 aliphatic carbocycles. The number of aryl methyl sites for hydroxylation is 1. The molecule has 0 spiro atoms. The Morgan fingerprint density at radius 1 is 1.24 bits per heavy atom. The van der Waals surface area contributed by atoms with Crippen molar-refractivity contribution in [3.8, 4) is 11.3 Å². The second kappa shape index (κ2) is 7.93. The van der Waals surface area contributed by atoms with Gasteiger partial charge in [-0.25, -0.2) is 0 Å². The molecule has 0 aliphatic heterocycles. The summed E-state index contributed by atoms with van der Waals surface area (Å²) in [6, 6.07) is 8.38. The summed E-state index contributed by atoms with van der Waals surface area (Å²) in [4.78, 5) is 2.16. The minimum absolute atomic E-state index is 0.140. The Kier molecular flexibility index (Phi) is 5.92. The molecule has 2 rings (SSSR count). The third kappa shape index (κ3) is 4.39. The largest absolute Gasteiger partial charge is 0.395 e. The summed E-state index contributed by atoms with van der Waals surface area (Å²) in [5.74, 6) is 0. The zero-order valence-electron chi connectivity index (χ0n) is 12.7. The molecule has 1 heterocycles. The SMILES string of the molecule is COCCN(CCO)Cc1cn[nH]c1-c1ccc(C)cc1. The molecule has 1 aromatic heterocycles. The third-order valence-corrected chi connectivity index (χ3v) is 3.48. The second-order valence-corrected chi connectivity index (χ2v) is 5.13. The summed E-state index contributed by atoms with van der Waals surface area (Å²) in [5, 5.41) is 16.4. The van der Waals surface area contributed by atoms with Crippen LogP contribution in [0.15, 0.2) is 30.5 Å². The molecular formula is C16H23N3O2. The first-order chi connectivity index (χ1) is 10.2. The van der Waals surface area contributed by atoms with E-state index in [1.165, 1.54) is 5.56 Å². The molecule has 2 N–H and O–H groups in total. The number of aromatic nitrogens is 2. The fraction of sp³-hybridized carbons (Fsp3) is 0.438. The van der Waals surface area contributed by atoms with Crippen molar-refractivity contribution in [2.45, 2.75) is 13.5 Å². The summed E-state index contributed by atoms with van der Waals surface area (Å²) in [7, 11) is 1.69. The van der Waals surface area contributed by atoms with Crippen LogP contribution in [0.2, 0.25) is 0 Å². The molecule has 2 aromatic rings. The Morgan fingerprint density at radius 2 is 2.00 bits per heavy atom. The predicted octanol–water partition coefficient (Wildman–Crippen LogP) is 1.83. The Labute approximate surface area is 125 Å². The van der Waals surface area contributed by atoms with Crippen LogP contribution in [0.3, 0.4) is 0 Å². The van der Waals surface area contributed by atoms with E-state index in [4.69, 9.17) is 4.74 Å². The van der Waals surface area contributed by atoms with Crippen molar-refractivity contribution < 1.29 is 9.84 Å². The van der Waals surface area contributed by atoms with E-state index in [0.29, 0.717) is 13.2 Å². The molecule has 0 amide bonds. The van der Waals surface area contributed by atoms with E-state index in [1.54, 1.807) is 7.11 Å². The highest BCUT2D eigenvalue weighted by Crippen LogP contribution is 2.22. The smallest absolute Gasteiger partial charge is 0.0695 e. The van der Waals surface area contributed by atoms with Gasteiger partial charge in [-0.05, 0) is 12.5 Å². The maximum Gasteiger partial charge on any atom is 0.0695 e. The number of benzene rings is 1. The number of aliphatic hydroxyl groups is 1. The number of rotatable bonds is 8. The quantitative estimate of drug-likeness (QED) is 0.778. The summed E-state index contributed by atoms with van der Waals surface area (Å²) < 4.78 is 5.12. The molecule has 0 fully saturated rings. The van der Waals surface area contributed by atoms with Gasteiger partial charge in [0.1, 0.15) is 0 Å². The Morgan fingerprint density at radius 3 is 2.67 bits per heavy atom. The van der Waals surface area contributed by atoms with Crippen molar-refractivity contribution >= 4 is 0 Å². The van der Waals surface area contributed by atoms with E-state index in [9.17, 15) is 5.11 Å². The van der Waals surface area contributed by atoms with Gasteiger partial charge in [0, 0.05) is 32.3 Å². The number of hydrogen-bond acceptors (Lipinski definition) is 4. The molecule has 5 nitrogen and oxygen atoms in total. The van der Waals surface area contributed by atoms with Gasteiger partial charge in [-0.2, -0.15) is 5.10 Å². The number of H-pyrrole nitrogens is 1. The van der Waals surface area contributed by atoms with E-state index in [0.717, 1.165) is 29.9 Å². The number of nitrogens with zero attached hydrogens (tertiary/aromatic N) is 2. The van der Waals surface area contributed by atoms with Gasteiger partial charge in [0.15, 0.2) is 0 Å². The van der Waals surface area contributed by atoms with Crippen LogP contribution in [-0.2, 0) is 11.3 Å². The predicted molar refractivity (Wildman–Crippen MR) is 83.0 cm³/mol. The normalized spacial score (nSPS) is 11.2. The summed E-state index contributed by atoms with van der Waals surface area (Å²) in [5.41, 5.74) is 4.53. The molecule has 114 valence electrons. The molecule has 0 radical (unpaired) electrons. The van der Waals surface area contributed by atoms with Crippen LogP contribution in [0, 0.1) is 6.92 Å². The van der Waals surface area contributed by atoms with Gasteiger partial charge in [-0.1, -0.05) is 29.8 Å². The van der Waals surface area contributed by atoms with Crippen LogP contribution in [-0.4, -0.2) is 53.6 Å².